The number of anilines is 2. The van der Waals surface area contributed by atoms with Gasteiger partial charge in [-0.2, -0.15) is 31.6 Å². The summed E-state index contributed by atoms with van der Waals surface area (Å²) < 4.78 is 91.9. The highest BCUT2D eigenvalue weighted by Crippen LogP contribution is 2.43. The van der Waals surface area contributed by atoms with Gasteiger partial charge >= 0.3 is 24.3 Å². The van der Waals surface area contributed by atoms with E-state index in [9.17, 15) is 40.4 Å². The molecule has 0 spiro atoms. The van der Waals surface area contributed by atoms with Crippen LogP contribution in [0, 0.1) is 23.0 Å². The summed E-state index contributed by atoms with van der Waals surface area (Å²) in [5.74, 6) is -7.05. The average Bonchev–Trinajstić information content (AvgIpc) is 3.29. The summed E-state index contributed by atoms with van der Waals surface area (Å²) >= 11 is 0. The van der Waals surface area contributed by atoms with Crippen LogP contribution in [0.4, 0.5) is 46.6 Å². The molecule has 42 heavy (non-hydrogen) atoms. The third-order valence-corrected chi connectivity index (χ3v) is 5.05. The lowest BCUT2D eigenvalue weighted by atomic mass is 10.1. The van der Waals surface area contributed by atoms with Gasteiger partial charge in [-0.15, -0.1) is 0 Å². The van der Waals surface area contributed by atoms with Crippen LogP contribution in [-0.2, 0) is 9.59 Å². The number of benzene rings is 1. The van der Waals surface area contributed by atoms with Crippen LogP contribution in [0.3, 0.4) is 0 Å². The summed E-state index contributed by atoms with van der Waals surface area (Å²) in [7, 11) is 0. The van der Waals surface area contributed by atoms with Gasteiger partial charge in [0.25, 0.3) is 0 Å². The van der Waals surface area contributed by atoms with Crippen molar-refractivity contribution in [1.82, 2.24) is 19.9 Å². The zero-order valence-electron chi connectivity index (χ0n) is 20.1. The minimum absolute atomic E-state index is 0.0118. The maximum atomic E-state index is 14.6. The molecule has 4 N–H and O–H groups in total. The molecule has 4 heterocycles. The van der Waals surface area contributed by atoms with E-state index in [1.807, 2.05) is 12.1 Å². The fourth-order valence-electron chi connectivity index (χ4n) is 3.29. The Kier molecular flexibility index (Phi) is 8.74. The third-order valence-electron chi connectivity index (χ3n) is 5.05. The normalized spacial score (nSPS) is 11.4. The molecular formula is C24H12F8N6O4. The van der Waals surface area contributed by atoms with Crippen molar-refractivity contribution in [3.8, 4) is 40.0 Å². The van der Waals surface area contributed by atoms with E-state index in [0.29, 0.717) is 28.5 Å². The van der Waals surface area contributed by atoms with Crippen LogP contribution < -0.4 is 5.32 Å². The first-order valence-corrected chi connectivity index (χ1v) is 10.8. The van der Waals surface area contributed by atoms with E-state index in [0.717, 1.165) is 11.6 Å². The standard InChI is InChI=1S/C20H10F2N6.2C2HF3O2/c21-13-4-3-10(8-23)15(16(13)22)20-27-17-11-5-7-24-9-14(11)26-19-12(18(17)28-20)2-1-6-25-19;2*3-2(4,5)1(6)7/h1-7,9H,(H,25,26)(H,27,28);2*(H,6,7). The van der Waals surface area contributed by atoms with E-state index in [1.54, 1.807) is 30.7 Å². The quantitative estimate of drug-likeness (QED) is 0.177. The molecule has 0 saturated heterocycles. The second kappa shape index (κ2) is 11.9. The first-order chi connectivity index (χ1) is 19.6. The smallest absolute Gasteiger partial charge is 0.475 e. The van der Waals surface area contributed by atoms with Gasteiger partial charge in [0.2, 0.25) is 0 Å². The number of carboxylic acid groups (broad SMARTS) is 2. The van der Waals surface area contributed by atoms with Gasteiger partial charge < -0.3 is 20.5 Å². The zero-order chi connectivity index (χ0) is 31.4. The van der Waals surface area contributed by atoms with Crippen molar-refractivity contribution in [2.24, 2.45) is 0 Å². The predicted molar refractivity (Wildman–Crippen MR) is 126 cm³/mol. The summed E-state index contributed by atoms with van der Waals surface area (Å²) in [5.41, 5.74) is 3.02. The van der Waals surface area contributed by atoms with Crippen LogP contribution in [0.2, 0.25) is 0 Å². The number of halogens is 8. The molecule has 4 aromatic rings. The molecule has 0 atom stereocenters. The van der Waals surface area contributed by atoms with Crippen molar-refractivity contribution in [3.63, 3.8) is 0 Å². The molecule has 1 aliphatic heterocycles. The number of hydrogen-bond donors (Lipinski definition) is 4. The minimum Gasteiger partial charge on any atom is -0.475 e. The number of nitriles is 1. The van der Waals surface area contributed by atoms with Gasteiger partial charge in [-0.1, -0.05) is 0 Å². The summed E-state index contributed by atoms with van der Waals surface area (Å²) in [4.78, 5) is 33.8. The van der Waals surface area contributed by atoms with Gasteiger partial charge in [-0.3, -0.25) is 4.98 Å². The lowest BCUT2D eigenvalue weighted by Gasteiger charge is -2.08. The number of aromatic amines is 1. The Morgan fingerprint density at radius 2 is 1.52 bits per heavy atom. The van der Waals surface area contributed by atoms with E-state index in [-0.39, 0.29) is 17.0 Å². The number of carbonyl (C=O) groups is 2. The topological polar surface area (TPSA) is 165 Å². The molecule has 1 aromatic carbocycles. The van der Waals surface area contributed by atoms with E-state index in [1.165, 1.54) is 6.07 Å². The van der Waals surface area contributed by atoms with Crippen LogP contribution in [0.5, 0.6) is 0 Å². The molecule has 5 rings (SSSR count). The Labute approximate surface area is 227 Å². The number of alkyl halides is 6. The highest BCUT2D eigenvalue weighted by Gasteiger charge is 2.39. The van der Waals surface area contributed by atoms with E-state index < -0.39 is 35.9 Å². The molecule has 0 fully saturated rings. The van der Waals surface area contributed by atoms with Gasteiger partial charge in [-0.25, -0.2) is 28.3 Å². The number of carboxylic acids is 2. The number of fused-ring (bicyclic) bond motifs is 5. The number of pyridine rings is 2. The van der Waals surface area contributed by atoms with Crippen LogP contribution >= 0.6 is 0 Å². The van der Waals surface area contributed by atoms with Crippen molar-refractivity contribution in [2.45, 2.75) is 12.4 Å². The molecule has 10 nitrogen and oxygen atoms in total. The Bertz CT molecular complexity index is 1610. The minimum atomic E-state index is -5.08. The molecule has 0 amide bonds. The molecule has 3 aromatic heterocycles. The largest absolute Gasteiger partial charge is 0.490 e. The van der Waals surface area contributed by atoms with Crippen molar-refractivity contribution >= 4 is 23.4 Å². The lowest BCUT2D eigenvalue weighted by Crippen LogP contribution is -2.21. The summed E-state index contributed by atoms with van der Waals surface area (Å²) in [6.07, 6.45) is -5.26. The fraction of sp³-hybridized carbons (Fsp3) is 0.0833. The van der Waals surface area contributed by atoms with Crippen LogP contribution in [-0.4, -0.2) is 54.4 Å². The number of hydrogen-bond acceptors (Lipinski definition) is 7. The fourth-order valence-corrected chi connectivity index (χ4v) is 3.29. The molecular weight excluding hydrogens is 588 g/mol. The number of aromatic nitrogens is 4. The number of H-pyrrole nitrogens is 1. The van der Waals surface area contributed by atoms with E-state index in [2.05, 4.69) is 25.3 Å². The Hall–Kier alpha value is -5.60. The van der Waals surface area contributed by atoms with Crippen molar-refractivity contribution in [1.29, 1.82) is 5.26 Å². The highest BCUT2D eigenvalue weighted by molar-refractivity contribution is 5.95. The monoisotopic (exact) mass is 600 g/mol. The average molecular weight is 600 g/mol. The number of aliphatic carboxylic acids is 2. The van der Waals surface area contributed by atoms with E-state index >= 15 is 0 Å². The number of nitrogens with zero attached hydrogens (tertiary/aromatic N) is 4. The third kappa shape index (κ3) is 6.75. The number of rotatable bonds is 1. The molecule has 0 bridgehead atoms. The van der Waals surface area contributed by atoms with Crippen molar-refractivity contribution in [3.05, 3.63) is 66.1 Å². The summed E-state index contributed by atoms with van der Waals surface area (Å²) in [6.45, 7) is 0. The first kappa shape index (κ1) is 30.9. The lowest BCUT2D eigenvalue weighted by molar-refractivity contribution is -0.193. The zero-order valence-corrected chi connectivity index (χ0v) is 20.1. The Morgan fingerprint density at radius 1 is 0.905 bits per heavy atom. The van der Waals surface area contributed by atoms with Gasteiger partial charge in [0.1, 0.15) is 23.4 Å². The van der Waals surface area contributed by atoms with Gasteiger partial charge in [-0.05, 0) is 30.3 Å². The van der Waals surface area contributed by atoms with Gasteiger partial charge in [0.05, 0.1) is 28.7 Å². The molecule has 0 radical (unpaired) electrons. The van der Waals surface area contributed by atoms with Crippen molar-refractivity contribution in [2.75, 3.05) is 5.32 Å². The first-order valence-electron chi connectivity index (χ1n) is 10.8. The molecule has 18 heteroatoms. The van der Waals surface area contributed by atoms with Crippen LogP contribution in [0.15, 0.2) is 48.9 Å². The second-order valence-electron chi connectivity index (χ2n) is 7.76. The van der Waals surface area contributed by atoms with Gasteiger partial charge in [0, 0.05) is 23.5 Å². The Balaban J connectivity index is 0.000000289. The predicted octanol–water partition coefficient (Wildman–Crippen LogP) is 5.67. The molecule has 0 unspecified atom stereocenters. The molecule has 0 saturated carbocycles. The second-order valence-corrected chi connectivity index (χ2v) is 7.76. The van der Waals surface area contributed by atoms with Crippen LogP contribution in [0.1, 0.15) is 5.56 Å². The van der Waals surface area contributed by atoms with Crippen LogP contribution in [0.25, 0.3) is 33.9 Å². The molecule has 218 valence electrons. The maximum Gasteiger partial charge on any atom is 0.490 e. The SMILES string of the molecule is N#Cc1ccc(F)c(F)c1-c1nc2c([nH]1)-c1ccncc1Nc1ncccc1-2.O=C(O)C(F)(F)F.O=C(O)C(F)(F)F. The highest BCUT2D eigenvalue weighted by atomic mass is 19.4. The molecule has 1 aliphatic rings. The maximum absolute atomic E-state index is 14.6. The molecule has 0 aliphatic carbocycles. The van der Waals surface area contributed by atoms with E-state index in [4.69, 9.17) is 19.8 Å². The van der Waals surface area contributed by atoms with Gasteiger partial charge in [0.15, 0.2) is 11.6 Å². The Morgan fingerprint density at radius 3 is 2.10 bits per heavy atom. The number of nitrogens with one attached hydrogen (secondary N) is 2. The summed E-state index contributed by atoms with van der Waals surface area (Å²) in [6, 6.07) is 9.42. The summed E-state index contributed by atoms with van der Waals surface area (Å²) in [5, 5.41) is 26.8. The number of imidazole rings is 1. The van der Waals surface area contributed by atoms with Crippen molar-refractivity contribution < 1.29 is 54.9 Å².